The number of aromatic amines is 1. The number of nitrogens with one attached hydrogen (secondary N) is 4. The van der Waals surface area contributed by atoms with Crippen molar-refractivity contribution in [1.82, 2.24) is 25.9 Å². The molecule has 0 saturated heterocycles. The number of guanidine groups is 1. The van der Waals surface area contributed by atoms with Crippen LogP contribution in [0.25, 0.3) is 0 Å². The Hall–Kier alpha value is -3.72. The summed E-state index contributed by atoms with van der Waals surface area (Å²) in [6.07, 6.45) is 5.04. The Bertz CT molecular complexity index is 918. The van der Waals surface area contributed by atoms with E-state index in [1.807, 2.05) is 0 Å². The first kappa shape index (κ1) is 32.3. The molecule has 0 radical (unpaired) electrons. The topological polar surface area (TPSA) is 270 Å². The summed E-state index contributed by atoms with van der Waals surface area (Å²) < 4.78 is 0. The number of carboxylic acid groups (broad SMARTS) is 1. The lowest BCUT2D eigenvalue weighted by molar-refractivity contribution is -0.142. The first-order valence-corrected chi connectivity index (χ1v) is 12.6. The largest absolute Gasteiger partial charge is 0.480 e. The number of H-pyrrole nitrogens is 1. The molecule has 0 aliphatic rings. The van der Waals surface area contributed by atoms with E-state index in [4.69, 9.17) is 22.9 Å². The van der Waals surface area contributed by atoms with Crippen LogP contribution < -0.4 is 38.9 Å². The molecule has 0 aliphatic heterocycles. The Balaban J connectivity index is 2.94. The molecule has 38 heavy (non-hydrogen) atoms. The molecule has 4 atom stereocenters. The van der Waals surface area contributed by atoms with E-state index in [1.165, 1.54) is 6.33 Å². The van der Waals surface area contributed by atoms with E-state index >= 15 is 0 Å². The number of unbranched alkanes of at least 4 members (excludes halogenated alkanes) is 1. The van der Waals surface area contributed by atoms with Crippen LogP contribution in [-0.4, -0.2) is 82.0 Å². The number of hydrogen-bond acceptors (Lipinski definition) is 8. The second kappa shape index (κ2) is 16.9. The molecular weight excluding hydrogens is 496 g/mol. The van der Waals surface area contributed by atoms with Crippen LogP contribution >= 0.6 is 0 Å². The van der Waals surface area contributed by atoms with Gasteiger partial charge in [-0.25, -0.2) is 9.78 Å². The maximum absolute atomic E-state index is 13.2. The summed E-state index contributed by atoms with van der Waals surface area (Å²) in [7, 11) is 0. The fourth-order valence-corrected chi connectivity index (χ4v) is 3.58. The summed E-state index contributed by atoms with van der Waals surface area (Å²) in [6.45, 7) is 4.05. The molecule has 15 nitrogen and oxygen atoms in total. The number of amides is 3. The predicted molar refractivity (Wildman–Crippen MR) is 141 cm³/mol. The van der Waals surface area contributed by atoms with Crippen LogP contribution in [0.4, 0.5) is 0 Å². The summed E-state index contributed by atoms with van der Waals surface area (Å²) in [5.74, 6) is -3.50. The second-order valence-electron chi connectivity index (χ2n) is 9.31. The quantitative estimate of drug-likeness (QED) is 0.0545. The SMILES string of the molecule is CC(C)C(NC(=O)C(CCCN=C(N)N)NC(=O)C(N)Cc1cnc[nH]1)C(=O)NC(CCCCN)C(=O)O. The molecule has 13 N–H and O–H groups in total. The van der Waals surface area contributed by atoms with Crippen molar-refractivity contribution in [3.8, 4) is 0 Å². The van der Waals surface area contributed by atoms with E-state index in [2.05, 4.69) is 30.9 Å². The van der Waals surface area contributed by atoms with Crippen LogP contribution in [0, 0.1) is 5.92 Å². The Morgan fingerprint density at radius 1 is 1.00 bits per heavy atom. The van der Waals surface area contributed by atoms with Gasteiger partial charge in [0.05, 0.1) is 12.4 Å². The zero-order valence-corrected chi connectivity index (χ0v) is 22.0. The van der Waals surface area contributed by atoms with E-state index in [9.17, 15) is 24.3 Å². The predicted octanol–water partition coefficient (Wildman–Crippen LogP) is -2.34. The molecule has 15 heteroatoms. The Morgan fingerprint density at radius 3 is 2.21 bits per heavy atom. The van der Waals surface area contributed by atoms with Crippen LogP contribution in [0.3, 0.4) is 0 Å². The number of nitrogens with zero attached hydrogens (tertiary/aromatic N) is 2. The monoisotopic (exact) mass is 538 g/mol. The average Bonchev–Trinajstić information content (AvgIpc) is 3.35. The molecule has 1 heterocycles. The van der Waals surface area contributed by atoms with Gasteiger partial charge >= 0.3 is 5.97 Å². The van der Waals surface area contributed by atoms with Gasteiger partial charge in [-0.05, 0) is 44.6 Å². The van der Waals surface area contributed by atoms with Gasteiger partial charge in [-0.2, -0.15) is 0 Å². The second-order valence-corrected chi connectivity index (χ2v) is 9.31. The highest BCUT2D eigenvalue weighted by Gasteiger charge is 2.31. The maximum atomic E-state index is 13.2. The standard InChI is InChI=1S/C23H42N10O5/c1-13(2)18(21(36)32-17(22(37)38)6-3-4-8-24)33-20(35)16(7-5-9-29-23(26)27)31-19(34)15(25)10-14-11-28-12-30-14/h11-13,15-18H,3-10,24-25H2,1-2H3,(H,28,30)(H,31,34)(H,32,36)(H,33,35)(H,37,38)(H4,26,27,29). The molecule has 0 bridgehead atoms. The summed E-state index contributed by atoms with van der Waals surface area (Å²) in [5.41, 5.74) is 22.8. The molecule has 3 amide bonds. The Morgan fingerprint density at radius 2 is 1.66 bits per heavy atom. The van der Waals surface area contributed by atoms with Gasteiger partial charge in [0.25, 0.3) is 0 Å². The average molecular weight is 539 g/mol. The molecule has 1 aromatic heterocycles. The van der Waals surface area contributed by atoms with Crippen molar-refractivity contribution in [2.75, 3.05) is 13.1 Å². The van der Waals surface area contributed by atoms with Crippen LogP contribution in [0.2, 0.25) is 0 Å². The number of carboxylic acids is 1. The molecule has 1 aromatic rings. The number of imidazole rings is 1. The maximum Gasteiger partial charge on any atom is 0.326 e. The van der Waals surface area contributed by atoms with E-state index in [0.29, 0.717) is 31.5 Å². The molecule has 0 aromatic carbocycles. The smallest absolute Gasteiger partial charge is 0.326 e. The number of rotatable bonds is 18. The lowest BCUT2D eigenvalue weighted by Crippen LogP contribution is -2.58. The van der Waals surface area contributed by atoms with Crippen LogP contribution in [0.5, 0.6) is 0 Å². The molecule has 0 spiro atoms. The molecule has 214 valence electrons. The summed E-state index contributed by atoms with van der Waals surface area (Å²) >= 11 is 0. The highest BCUT2D eigenvalue weighted by Crippen LogP contribution is 2.08. The number of aliphatic imine (C=N–C) groups is 1. The van der Waals surface area contributed by atoms with Crippen LogP contribution in [0.1, 0.15) is 51.6 Å². The zero-order valence-electron chi connectivity index (χ0n) is 22.0. The van der Waals surface area contributed by atoms with Gasteiger partial charge in [-0.1, -0.05) is 13.8 Å². The summed E-state index contributed by atoms with van der Waals surface area (Å²) in [5, 5.41) is 17.3. The number of carbonyl (C=O) groups excluding carboxylic acids is 3. The highest BCUT2D eigenvalue weighted by atomic mass is 16.4. The van der Waals surface area contributed by atoms with Crippen molar-refractivity contribution >= 4 is 29.7 Å². The van der Waals surface area contributed by atoms with Gasteiger partial charge in [-0.3, -0.25) is 19.4 Å². The minimum atomic E-state index is -1.18. The van der Waals surface area contributed by atoms with Crippen molar-refractivity contribution in [1.29, 1.82) is 0 Å². The van der Waals surface area contributed by atoms with Crippen LogP contribution in [0.15, 0.2) is 17.5 Å². The van der Waals surface area contributed by atoms with Crippen LogP contribution in [-0.2, 0) is 25.6 Å². The minimum absolute atomic E-state index is 0.104. The molecule has 1 rings (SSSR count). The number of hydrogen-bond donors (Lipinski definition) is 9. The van der Waals surface area contributed by atoms with Gasteiger partial charge in [0.1, 0.15) is 18.1 Å². The number of aromatic nitrogens is 2. The summed E-state index contributed by atoms with van der Waals surface area (Å²) in [4.78, 5) is 61.2. The third-order valence-corrected chi connectivity index (χ3v) is 5.72. The van der Waals surface area contributed by atoms with Crippen molar-refractivity contribution < 1.29 is 24.3 Å². The van der Waals surface area contributed by atoms with Crippen molar-refractivity contribution in [2.45, 2.75) is 76.5 Å². The lowest BCUT2D eigenvalue weighted by atomic mass is 10.0. The third-order valence-electron chi connectivity index (χ3n) is 5.72. The van der Waals surface area contributed by atoms with Crippen molar-refractivity contribution in [3.05, 3.63) is 18.2 Å². The fraction of sp³-hybridized carbons (Fsp3) is 0.652. The van der Waals surface area contributed by atoms with E-state index < -0.39 is 47.9 Å². The number of aliphatic carboxylic acids is 1. The molecule has 0 fully saturated rings. The minimum Gasteiger partial charge on any atom is -0.480 e. The van der Waals surface area contributed by atoms with Gasteiger partial charge in [0.15, 0.2) is 5.96 Å². The number of nitrogens with two attached hydrogens (primary N) is 4. The number of carbonyl (C=O) groups is 4. The van der Waals surface area contributed by atoms with Crippen molar-refractivity contribution in [2.24, 2.45) is 33.8 Å². The fourth-order valence-electron chi connectivity index (χ4n) is 3.58. The first-order chi connectivity index (χ1) is 18.0. The van der Waals surface area contributed by atoms with Gasteiger partial charge in [0, 0.05) is 24.9 Å². The van der Waals surface area contributed by atoms with Gasteiger partial charge in [0.2, 0.25) is 17.7 Å². The van der Waals surface area contributed by atoms with E-state index in [1.54, 1.807) is 20.0 Å². The van der Waals surface area contributed by atoms with Crippen molar-refractivity contribution in [3.63, 3.8) is 0 Å². The first-order valence-electron chi connectivity index (χ1n) is 12.6. The third kappa shape index (κ3) is 12.0. The normalized spacial score (nSPS) is 14.1. The molecule has 0 aliphatic carbocycles. The molecule has 4 unspecified atom stereocenters. The molecule has 0 saturated carbocycles. The lowest BCUT2D eigenvalue weighted by Gasteiger charge is -2.27. The van der Waals surface area contributed by atoms with Gasteiger partial charge in [-0.15, -0.1) is 0 Å². The van der Waals surface area contributed by atoms with Gasteiger partial charge < -0.3 is 49.0 Å². The van der Waals surface area contributed by atoms with E-state index in [-0.39, 0.29) is 37.7 Å². The Labute approximate surface area is 222 Å². The zero-order chi connectivity index (χ0) is 28.7. The summed E-state index contributed by atoms with van der Waals surface area (Å²) in [6, 6.07) is -4.17. The Kier molecular flexibility index (Phi) is 14.4. The molecular formula is C23H42N10O5. The van der Waals surface area contributed by atoms with E-state index in [0.717, 1.165) is 0 Å². The highest BCUT2D eigenvalue weighted by molar-refractivity contribution is 5.94.